The zero-order valence-electron chi connectivity index (χ0n) is 10.3. The van der Waals surface area contributed by atoms with Crippen LogP contribution in [-0.4, -0.2) is 21.4 Å². The minimum absolute atomic E-state index is 0.125. The van der Waals surface area contributed by atoms with Crippen LogP contribution in [0.1, 0.15) is 30.2 Å². The third-order valence-electron chi connectivity index (χ3n) is 3.20. The van der Waals surface area contributed by atoms with Crippen LogP contribution in [0.2, 0.25) is 0 Å². The normalized spacial score (nSPS) is 18.4. The van der Waals surface area contributed by atoms with Gasteiger partial charge in [-0.15, -0.1) is 0 Å². The molecule has 0 aliphatic carbocycles. The van der Waals surface area contributed by atoms with Crippen molar-refractivity contribution >= 4 is 5.82 Å². The van der Waals surface area contributed by atoms with Gasteiger partial charge in [-0.3, -0.25) is 4.98 Å². The maximum absolute atomic E-state index is 9.27. The fourth-order valence-corrected chi connectivity index (χ4v) is 2.26. The average Bonchev–Trinajstić information content (AvgIpc) is 3.07. The molecule has 0 bridgehead atoms. The predicted molar refractivity (Wildman–Crippen MR) is 68.4 cm³/mol. The highest BCUT2D eigenvalue weighted by atomic mass is 16.5. The highest BCUT2D eigenvalue weighted by Gasteiger charge is 2.27. The second-order valence-corrected chi connectivity index (χ2v) is 4.38. The zero-order valence-corrected chi connectivity index (χ0v) is 10.3. The molecular weight excluding hydrogens is 242 g/mol. The van der Waals surface area contributed by atoms with E-state index in [4.69, 9.17) is 10.5 Å². The van der Waals surface area contributed by atoms with E-state index in [-0.39, 0.29) is 6.10 Å². The lowest BCUT2D eigenvalue weighted by molar-refractivity contribution is 0.108. The minimum atomic E-state index is -0.125. The Morgan fingerprint density at radius 2 is 2.21 bits per heavy atom. The molecular formula is C13H13N5O. The summed E-state index contributed by atoms with van der Waals surface area (Å²) in [6, 6.07) is 5.72. The van der Waals surface area contributed by atoms with Crippen LogP contribution in [0.5, 0.6) is 0 Å². The summed E-state index contributed by atoms with van der Waals surface area (Å²) >= 11 is 0. The van der Waals surface area contributed by atoms with Crippen molar-refractivity contribution < 1.29 is 4.74 Å². The number of nitrogens with zero attached hydrogens (tertiary/aromatic N) is 4. The van der Waals surface area contributed by atoms with E-state index in [0.29, 0.717) is 23.7 Å². The Balaban J connectivity index is 2.10. The summed E-state index contributed by atoms with van der Waals surface area (Å²) in [5, 5.41) is 13.7. The molecule has 0 radical (unpaired) electrons. The molecule has 6 heteroatoms. The Morgan fingerprint density at radius 3 is 2.84 bits per heavy atom. The van der Waals surface area contributed by atoms with Gasteiger partial charge in [0.2, 0.25) is 0 Å². The van der Waals surface area contributed by atoms with Crippen molar-refractivity contribution in [1.82, 2.24) is 14.8 Å². The third-order valence-corrected chi connectivity index (χ3v) is 3.20. The van der Waals surface area contributed by atoms with Crippen LogP contribution in [0, 0.1) is 11.3 Å². The minimum Gasteiger partial charge on any atom is -0.382 e. The maximum atomic E-state index is 9.27. The Morgan fingerprint density at radius 1 is 1.42 bits per heavy atom. The van der Waals surface area contributed by atoms with Gasteiger partial charge in [0.15, 0.2) is 0 Å². The van der Waals surface area contributed by atoms with Gasteiger partial charge in [-0.2, -0.15) is 10.4 Å². The Kier molecular flexibility index (Phi) is 2.89. The first-order valence-electron chi connectivity index (χ1n) is 6.11. The number of anilines is 1. The third kappa shape index (κ3) is 1.94. The molecule has 2 aromatic heterocycles. The van der Waals surface area contributed by atoms with Crippen molar-refractivity contribution in [2.45, 2.75) is 18.9 Å². The number of nitriles is 1. The van der Waals surface area contributed by atoms with Crippen molar-refractivity contribution in [2.24, 2.45) is 0 Å². The molecule has 1 fully saturated rings. The molecule has 3 rings (SSSR count). The quantitative estimate of drug-likeness (QED) is 0.879. The Hall–Kier alpha value is -2.39. The number of pyridine rings is 1. The van der Waals surface area contributed by atoms with E-state index in [2.05, 4.69) is 16.2 Å². The van der Waals surface area contributed by atoms with Gasteiger partial charge in [0.05, 0.1) is 5.69 Å². The van der Waals surface area contributed by atoms with Crippen LogP contribution in [-0.2, 0) is 4.74 Å². The number of rotatable bonds is 2. The number of ether oxygens (including phenoxy) is 1. The van der Waals surface area contributed by atoms with Crippen molar-refractivity contribution in [3.05, 3.63) is 35.8 Å². The van der Waals surface area contributed by atoms with Gasteiger partial charge in [-0.25, -0.2) is 4.68 Å². The van der Waals surface area contributed by atoms with Crippen molar-refractivity contribution in [1.29, 1.82) is 5.26 Å². The van der Waals surface area contributed by atoms with Crippen molar-refractivity contribution in [3.8, 4) is 11.8 Å². The molecule has 0 spiro atoms. The fourth-order valence-electron chi connectivity index (χ4n) is 2.26. The molecule has 1 atom stereocenters. The van der Waals surface area contributed by atoms with Gasteiger partial charge in [-0.1, -0.05) is 0 Å². The van der Waals surface area contributed by atoms with Crippen LogP contribution in [0.4, 0.5) is 5.82 Å². The first-order valence-corrected chi connectivity index (χ1v) is 6.11. The summed E-state index contributed by atoms with van der Waals surface area (Å²) in [5.74, 6) is 0.346. The Bertz CT molecular complexity index is 622. The topological polar surface area (TPSA) is 89.8 Å². The molecule has 0 saturated carbocycles. The van der Waals surface area contributed by atoms with Crippen LogP contribution < -0.4 is 5.73 Å². The monoisotopic (exact) mass is 255 g/mol. The van der Waals surface area contributed by atoms with Crippen molar-refractivity contribution in [3.63, 3.8) is 0 Å². The lowest BCUT2D eigenvalue weighted by Gasteiger charge is -2.05. The summed E-state index contributed by atoms with van der Waals surface area (Å²) in [6.45, 7) is 0.706. The molecule has 1 aliphatic rings. The fraction of sp³-hybridized carbons (Fsp3) is 0.308. The Labute approximate surface area is 110 Å². The molecule has 19 heavy (non-hydrogen) atoms. The molecule has 1 unspecified atom stereocenters. The smallest absolute Gasteiger partial charge is 0.145 e. The number of aromatic nitrogens is 3. The van der Waals surface area contributed by atoms with E-state index < -0.39 is 0 Å². The predicted octanol–water partition coefficient (Wildman–Crippen LogP) is 1.57. The van der Waals surface area contributed by atoms with Crippen LogP contribution in [0.25, 0.3) is 5.69 Å². The first-order chi connectivity index (χ1) is 9.31. The molecule has 0 amide bonds. The summed E-state index contributed by atoms with van der Waals surface area (Å²) in [5.41, 5.74) is 7.84. The van der Waals surface area contributed by atoms with E-state index in [0.717, 1.165) is 18.5 Å². The lowest BCUT2D eigenvalue weighted by Crippen LogP contribution is -2.03. The highest BCUT2D eigenvalue weighted by molar-refractivity contribution is 5.56. The van der Waals surface area contributed by atoms with Crippen LogP contribution >= 0.6 is 0 Å². The first kappa shape index (κ1) is 11.7. The average molecular weight is 255 g/mol. The molecule has 1 saturated heterocycles. The molecule has 3 heterocycles. The van der Waals surface area contributed by atoms with Gasteiger partial charge in [0.25, 0.3) is 0 Å². The molecule has 1 aliphatic heterocycles. The molecule has 6 nitrogen and oxygen atoms in total. The standard InChI is InChI=1S/C13H13N5O/c14-8-10-12(11-2-1-7-19-11)17-18(13(10)15)9-3-5-16-6-4-9/h3-6,11H,1-2,7,15H2. The van der Waals surface area contributed by atoms with Gasteiger partial charge < -0.3 is 10.5 Å². The van der Waals surface area contributed by atoms with E-state index >= 15 is 0 Å². The van der Waals surface area contributed by atoms with E-state index in [1.165, 1.54) is 0 Å². The lowest BCUT2D eigenvalue weighted by atomic mass is 10.1. The zero-order chi connectivity index (χ0) is 13.2. The van der Waals surface area contributed by atoms with Crippen LogP contribution in [0.3, 0.4) is 0 Å². The number of hydrogen-bond acceptors (Lipinski definition) is 5. The SMILES string of the molecule is N#Cc1c(C2CCCO2)nn(-c2ccncc2)c1N. The highest BCUT2D eigenvalue weighted by Crippen LogP contribution is 2.32. The summed E-state index contributed by atoms with van der Waals surface area (Å²) in [6.07, 6.45) is 5.06. The summed E-state index contributed by atoms with van der Waals surface area (Å²) < 4.78 is 7.16. The molecule has 0 aromatic carbocycles. The van der Waals surface area contributed by atoms with E-state index in [1.54, 1.807) is 29.2 Å². The van der Waals surface area contributed by atoms with Gasteiger partial charge in [-0.05, 0) is 25.0 Å². The van der Waals surface area contributed by atoms with Crippen LogP contribution in [0.15, 0.2) is 24.5 Å². The van der Waals surface area contributed by atoms with Gasteiger partial charge in [0, 0.05) is 19.0 Å². The largest absolute Gasteiger partial charge is 0.382 e. The molecule has 96 valence electrons. The second kappa shape index (κ2) is 4.71. The van der Waals surface area contributed by atoms with Gasteiger partial charge in [0.1, 0.15) is 29.2 Å². The summed E-state index contributed by atoms with van der Waals surface area (Å²) in [4.78, 5) is 3.96. The number of hydrogen-bond donors (Lipinski definition) is 1. The van der Waals surface area contributed by atoms with E-state index in [1.807, 2.05) is 0 Å². The van der Waals surface area contributed by atoms with Gasteiger partial charge >= 0.3 is 0 Å². The maximum Gasteiger partial charge on any atom is 0.145 e. The molecule has 2 N–H and O–H groups in total. The number of nitrogen functional groups attached to an aromatic ring is 1. The molecule has 2 aromatic rings. The second-order valence-electron chi connectivity index (χ2n) is 4.38. The number of nitrogens with two attached hydrogens (primary N) is 1. The van der Waals surface area contributed by atoms with E-state index in [9.17, 15) is 5.26 Å². The van der Waals surface area contributed by atoms with Crippen molar-refractivity contribution in [2.75, 3.05) is 12.3 Å². The summed E-state index contributed by atoms with van der Waals surface area (Å²) in [7, 11) is 0.